The van der Waals surface area contributed by atoms with Gasteiger partial charge in [0.05, 0.1) is 37.4 Å². The molecule has 0 spiro atoms. The van der Waals surface area contributed by atoms with E-state index in [0.29, 0.717) is 11.1 Å². The lowest BCUT2D eigenvalue weighted by Crippen LogP contribution is -2.50. The summed E-state index contributed by atoms with van der Waals surface area (Å²) in [5.74, 6) is -5.85. The number of nitrogens with one attached hydrogen (secondary N) is 1. The first-order valence-corrected chi connectivity index (χ1v) is 13.5. The zero-order valence-electron chi connectivity index (χ0n) is 22.9. The molecule has 1 aromatic carbocycles. The predicted molar refractivity (Wildman–Crippen MR) is 142 cm³/mol. The van der Waals surface area contributed by atoms with Crippen molar-refractivity contribution in [3.8, 4) is 6.07 Å². The van der Waals surface area contributed by atoms with Crippen LogP contribution in [0, 0.1) is 17.2 Å². The highest BCUT2D eigenvalue weighted by atomic mass is 19.3. The Hall–Kier alpha value is -3.28. The molecule has 1 unspecified atom stereocenters. The average Bonchev–Trinajstić information content (AvgIpc) is 3.61. The molecule has 41 heavy (non-hydrogen) atoms. The minimum absolute atomic E-state index is 0.0208. The molecule has 0 saturated carbocycles. The summed E-state index contributed by atoms with van der Waals surface area (Å²) in [5.41, 5.74) is 0.354. The third-order valence-electron chi connectivity index (χ3n) is 7.90. The van der Waals surface area contributed by atoms with Crippen molar-refractivity contribution in [3.05, 3.63) is 36.1 Å². The van der Waals surface area contributed by atoms with Gasteiger partial charge in [0, 0.05) is 30.3 Å². The van der Waals surface area contributed by atoms with Gasteiger partial charge in [0.25, 0.3) is 5.92 Å². The van der Waals surface area contributed by atoms with E-state index in [4.69, 9.17) is 9.15 Å². The van der Waals surface area contributed by atoms with Gasteiger partial charge in [-0.05, 0) is 38.3 Å². The number of carbonyl (C=O) groups excluding carboxylic acids is 2. The lowest BCUT2D eigenvalue weighted by molar-refractivity contribution is -0.136. The van der Waals surface area contributed by atoms with Crippen molar-refractivity contribution in [2.24, 2.45) is 5.92 Å². The van der Waals surface area contributed by atoms with E-state index in [1.165, 1.54) is 6.26 Å². The summed E-state index contributed by atoms with van der Waals surface area (Å²) in [7, 11) is -1.92. The van der Waals surface area contributed by atoms with E-state index in [0.717, 1.165) is 10.3 Å². The fourth-order valence-corrected chi connectivity index (χ4v) is 5.58. The van der Waals surface area contributed by atoms with Gasteiger partial charge >= 0.3 is 13.2 Å². The molecule has 2 aliphatic heterocycles. The highest BCUT2D eigenvalue weighted by molar-refractivity contribution is 6.43. The number of alkyl halides is 3. The molecule has 1 aromatic heterocycles. The van der Waals surface area contributed by atoms with Crippen LogP contribution >= 0.6 is 0 Å². The van der Waals surface area contributed by atoms with Gasteiger partial charge in [-0.1, -0.05) is 18.2 Å². The molecule has 14 heteroatoms. The Morgan fingerprint density at radius 3 is 2.73 bits per heavy atom. The third-order valence-corrected chi connectivity index (χ3v) is 7.90. The van der Waals surface area contributed by atoms with Gasteiger partial charge in [0.1, 0.15) is 24.3 Å². The van der Waals surface area contributed by atoms with Gasteiger partial charge in [-0.15, -0.1) is 0 Å². The first kappa shape index (κ1) is 30.7. The molecule has 0 bridgehead atoms. The number of ether oxygens (including phenoxy) is 1. The van der Waals surface area contributed by atoms with Gasteiger partial charge in [-0.3, -0.25) is 9.69 Å². The Morgan fingerprint density at radius 2 is 2.07 bits per heavy atom. The molecule has 3 N–H and O–H groups in total. The second-order valence-corrected chi connectivity index (χ2v) is 11.4. The van der Waals surface area contributed by atoms with Crippen LogP contribution in [0.4, 0.5) is 18.0 Å². The zero-order valence-corrected chi connectivity index (χ0v) is 22.9. The summed E-state index contributed by atoms with van der Waals surface area (Å²) in [6, 6.07) is 8.21. The number of alkyl carbamates (subject to hydrolysis) is 1. The molecule has 2 fully saturated rings. The van der Waals surface area contributed by atoms with Crippen LogP contribution in [-0.4, -0.2) is 94.8 Å². The fourth-order valence-electron chi connectivity index (χ4n) is 5.58. The van der Waals surface area contributed by atoms with E-state index in [-0.39, 0.29) is 45.4 Å². The summed E-state index contributed by atoms with van der Waals surface area (Å²) < 4.78 is 52.6. The standard InChI is InChI=1S/C27H34BF3N4O6/c1-26(2,34-8-7-27(30,31)16-34)11-18(12-32)24(36)35-13-19(29)10-20(35)15-41-25(37)33-23(28(38)39)9-17-14-40-22-6-4-3-5-21(17)22/h3-6,14,18-20,23,38-39H,7-11,13,15-16H2,1-2H3,(H,33,37)/t18?,19-,20+,23-/m0/s1. The molecule has 0 radical (unpaired) electrons. The molecule has 2 saturated heterocycles. The first-order chi connectivity index (χ1) is 19.3. The van der Waals surface area contributed by atoms with Crippen molar-refractivity contribution >= 4 is 30.1 Å². The van der Waals surface area contributed by atoms with Crippen LogP contribution in [0.15, 0.2) is 34.9 Å². The molecular formula is C27H34BF3N4O6. The number of hydrogen-bond acceptors (Lipinski definition) is 8. The Bertz CT molecular complexity index is 1290. The van der Waals surface area contributed by atoms with Crippen LogP contribution in [0.3, 0.4) is 0 Å². The number of nitriles is 1. The minimum atomic E-state index is -2.83. The highest BCUT2D eigenvalue weighted by Crippen LogP contribution is 2.35. The lowest BCUT2D eigenvalue weighted by Gasteiger charge is -2.37. The van der Waals surface area contributed by atoms with Crippen LogP contribution in [0.25, 0.3) is 11.0 Å². The van der Waals surface area contributed by atoms with Gasteiger partial charge in [0.2, 0.25) is 5.91 Å². The summed E-state index contributed by atoms with van der Waals surface area (Å²) >= 11 is 0. The molecule has 2 aliphatic rings. The Kier molecular flexibility index (Phi) is 9.21. The van der Waals surface area contributed by atoms with Crippen LogP contribution in [0.5, 0.6) is 0 Å². The number of fused-ring (bicyclic) bond motifs is 1. The number of nitrogens with zero attached hydrogens (tertiary/aromatic N) is 3. The topological polar surface area (TPSA) is 139 Å². The number of carbonyl (C=O) groups is 2. The number of benzene rings is 1. The second kappa shape index (κ2) is 12.3. The molecule has 2 amide bonds. The van der Waals surface area contributed by atoms with Crippen LogP contribution in [0.1, 0.15) is 38.7 Å². The van der Waals surface area contributed by atoms with Gasteiger partial charge < -0.3 is 29.4 Å². The number of halogens is 3. The SMILES string of the molecule is CC(C)(CC(C#N)C(=O)N1C[C@@H](F)C[C@@H]1COC(=O)N[C@@H](Cc1coc2ccccc12)B(O)O)N1CCC(F)(F)C1. The van der Waals surface area contributed by atoms with Crippen LogP contribution in [-0.2, 0) is 16.0 Å². The summed E-state index contributed by atoms with van der Waals surface area (Å²) in [6.45, 7) is 2.37. The Labute approximate surface area is 236 Å². The molecule has 4 rings (SSSR count). The maximum atomic E-state index is 14.4. The lowest BCUT2D eigenvalue weighted by atomic mass is 9.76. The van der Waals surface area contributed by atoms with Crippen LogP contribution < -0.4 is 5.32 Å². The highest BCUT2D eigenvalue weighted by Gasteiger charge is 2.46. The van der Waals surface area contributed by atoms with Crippen LogP contribution in [0.2, 0.25) is 0 Å². The predicted octanol–water partition coefficient (Wildman–Crippen LogP) is 2.67. The molecule has 4 atom stereocenters. The quantitative estimate of drug-likeness (QED) is 0.366. The van der Waals surface area contributed by atoms with Gasteiger partial charge in [-0.25, -0.2) is 18.0 Å². The first-order valence-electron chi connectivity index (χ1n) is 13.5. The van der Waals surface area contributed by atoms with Crippen molar-refractivity contribution < 1.29 is 42.0 Å². The Balaban J connectivity index is 1.35. The van der Waals surface area contributed by atoms with Crippen molar-refractivity contribution in [2.45, 2.75) is 69.1 Å². The largest absolute Gasteiger partial charge is 0.475 e. The van der Waals surface area contributed by atoms with E-state index in [1.807, 2.05) is 6.07 Å². The third kappa shape index (κ3) is 7.33. The number of rotatable bonds is 10. The fraction of sp³-hybridized carbons (Fsp3) is 0.593. The van der Waals surface area contributed by atoms with Crippen molar-refractivity contribution in [1.29, 1.82) is 5.26 Å². The Morgan fingerprint density at radius 1 is 1.34 bits per heavy atom. The minimum Gasteiger partial charge on any atom is -0.464 e. The molecule has 222 valence electrons. The van der Waals surface area contributed by atoms with Gasteiger partial charge in [0.15, 0.2) is 0 Å². The maximum Gasteiger partial charge on any atom is 0.475 e. The maximum absolute atomic E-state index is 14.4. The van der Waals surface area contributed by atoms with E-state index in [2.05, 4.69) is 5.32 Å². The van der Waals surface area contributed by atoms with E-state index in [1.54, 1.807) is 43.0 Å². The smallest absolute Gasteiger partial charge is 0.464 e. The normalized spacial score (nSPS) is 22.3. The van der Waals surface area contributed by atoms with Crippen molar-refractivity contribution in [1.82, 2.24) is 15.1 Å². The monoisotopic (exact) mass is 578 g/mol. The number of furan rings is 1. The number of amides is 2. The molecule has 10 nitrogen and oxygen atoms in total. The second-order valence-electron chi connectivity index (χ2n) is 11.4. The van der Waals surface area contributed by atoms with Crippen molar-refractivity contribution in [2.75, 3.05) is 26.2 Å². The van der Waals surface area contributed by atoms with E-state index < -0.39 is 61.2 Å². The van der Waals surface area contributed by atoms with E-state index in [9.17, 15) is 38.1 Å². The number of likely N-dealkylation sites (tertiary alicyclic amines) is 2. The molecule has 0 aliphatic carbocycles. The zero-order chi connectivity index (χ0) is 29.9. The molecule has 2 aromatic rings. The van der Waals surface area contributed by atoms with Crippen molar-refractivity contribution in [3.63, 3.8) is 0 Å². The summed E-state index contributed by atoms with van der Waals surface area (Å²) in [5, 5.41) is 32.5. The molecule has 3 heterocycles. The summed E-state index contributed by atoms with van der Waals surface area (Å²) in [4.78, 5) is 28.5. The van der Waals surface area contributed by atoms with Gasteiger partial charge in [-0.2, -0.15) is 5.26 Å². The molecular weight excluding hydrogens is 544 g/mol. The average molecular weight is 578 g/mol. The number of hydrogen-bond donors (Lipinski definition) is 3. The number of para-hydroxylation sites is 1. The summed E-state index contributed by atoms with van der Waals surface area (Å²) in [6.07, 6.45) is -1.37. The van der Waals surface area contributed by atoms with E-state index >= 15 is 0 Å².